The minimum atomic E-state index is 0.0352. The van der Waals surface area contributed by atoms with Gasteiger partial charge in [-0.05, 0) is 37.5 Å². The van der Waals surface area contributed by atoms with Crippen LogP contribution in [-0.2, 0) is 19.5 Å². The number of carbonyl (C=O) groups is 1. The molecule has 0 aliphatic rings. The van der Waals surface area contributed by atoms with Crippen LogP contribution in [0.4, 0.5) is 0 Å². The third-order valence-corrected chi connectivity index (χ3v) is 6.33. The molecule has 0 N–H and O–H groups in total. The summed E-state index contributed by atoms with van der Waals surface area (Å²) >= 11 is 1.63. The molecule has 0 unspecified atom stereocenters. The van der Waals surface area contributed by atoms with Crippen LogP contribution in [0.2, 0.25) is 0 Å². The third-order valence-electron chi connectivity index (χ3n) is 5.55. The monoisotopic (exact) mass is 429 g/mol. The van der Waals surface area contributed by atoms with E-state index in [-0.39, 0.29) is 5.91 Å². The first-order valence-corrected chi connectivity index (χ1v) is 11.4. The largest absolute Gasteiger partial charge is 0.342 e. The molecule has 0 aliphatic carbocycles. The summed E-state index contributed by atoms with van der Waals surface area (Å²) in [6.45, 7) is 5.44. The Balaban J connectivity index is 1.64. The zero-order chi connectivity index (χ0) is 21.8. The van der Waals surface area contributed by atoms with Gasteiger partial charge >= 0.3 is 0 Å². The maximum atomic E-state index is 13.3. The minimum absolute atomic E-state index is 0.0352. The molecule has 0 atom stereocenters. The van der Waals surface area contributed by atoms with Crippen LogP contribution >= 0.6 is 11.3 Å². The second-order valence-electron chi connectivity index (χ2n) is 7.81. The molecule has 31 heavy (non-hydrogen) atoms. The predicted octanol–water partition coefficient (Wildman–Crippen LogP) is 5.74. The number of nitrogens with zero attached hydrogens (tertiary/aromatic N) is 3. The molecule has 0 saturated heterocycles. The lowest BCUT2D eigenvalue weighted by atomic mass is 10.1. The summed E-state index contributed by atoms with van der Waals surface area (Å²) in [4.78, 5) is 19.8. The van der Waals surface area contributed by atoms with Crippen LogP contribution in [0.15, 0.2) is 72.1 Å². The van der Waals surface area contributed by atoms with Gasteiger partial charge in [0.2, 0.25) is 0 Å². The second kappa shape index (κ2) is 9.31. The van der Waals surface area contributed by atoms with Crippen molar-refractivity contribution in [3.8, 4) is 11.4 Å². The van der Waals surface area contributed by atoms with Gasteiger partial charge in [-0.15, -0.1) is 11.3 Å². The first-order valence-electron chi connectivity index (χ1n) is 10.5. The van der Waals surface area contributed by atoms with Crippen LogP contribution in [0, 0.1) is 13.8 Å². The number of benzene rings is 2. The topological polar surface area (TPSA) is 38.1 Å². The van der Waals surface area contributed by atoms with Gasteiger partial charge in [0.25, 0.3) is 5.91 Å². The highest BCUT2D eigenvalue weighted by Crippen LogP contribution is 2.28. The summed E-state index contributed by atoms with van der Waals surface area (Å²) in [5, 5.41) is 3.10. The minimum Gasteiger partial charge on any atom is -0.342 e. The van der Waals surface area contributed by atoms with Crippen molar-refractivity contribution in [2.75, 3.05) is 7.05 Å². The Kier molecular flexibility index (Phi) is 6.33. The Morgan fingerprint density at radius 2 is 1.65 bits per heavy atom. The average Bonchev–Trinajstić information content (AvgIpc) is 3.36. The molecular weight excluding hydrogens is 402 g/mol. The van der Waals surface area contributed by atoms with E-state index in [0.717, 1.165) is 46.2 Å². The summed E-state index contributed by atoms with van der Waals surface area (Å²) < 4.78 is 2.24. The van der Waals surface area contributed by atoms with Crippen LogP contribution in [0.5, 0.6) is 0 Å². The first kappa shape index (κ1) is 21.1. The number of rotatable bonds is 7. The Morgan fingerprint density at radius 1 is 1.00 bits per heavy atom. The lowest BCUT2D eigenvalue weighted by Gasteiger charge is -2.17. The second-order valence-corrected chi connectivity index (χ2v) is 8.88. The van der Waals surface area contributed by atoms with E-state index in [1.165, 1.54) is 5.56 Å². The van der Waals surface area contributed by atoms with Crippen molar-refractivity contribution in [3.05, 3.63) is 99.5 Å². The number of aromatic nitrogens is 2. The molecule has 2 aromatic heterocycles. The SMILES string of the molecule is Cc1nc(-c2cc(C(=O)N(C)Cc3ccccc3)c(C)n2CCc2ccccc2)cs1. The Morgan fingerprint density at radius 3 is 2.26 bits per heavy atom. The lowest BCUT2D eigenvalue weighted by Crippen LogP contribution is -2.26. The van der Waals surface area contributed by atoms with Gasteiger partial charge < -0.3 is 9.47 Å². The zero-order valence-electron chi connectivity index (χ0n) is 18.2. The van der Waals surface area contributed by atoms with Crippen LogP contribution in [0.1, 0.15) is 32.2 Å². The van der Waals surface area contributed by atoms with E-state index in [9.17, 15) is 4.79 Å². The van der Waals surface area contributed by atoms with Crippen LogP contribution in [0.25, 0.3) is 11.4 Å². The van der Waals surface area contributed by atoms with Gasteiger partial charge in [-0.1, -0.05) is 60.7 Å². The number of amides is 1. The molecule has 0 saturated carbocycles. The summed E-state index contributed by atoms with van der Waals surface area (Å²) in [6.07, 6.45) is 0.903. The molecule has 0 radical (unpaired) electrons. The van der Waals surface area contributed by atoms with E-state index in [1.54, 1.807) is 16.2 Å². The Bertz CT molecular complexity index is 1160. The van der Waals surface area contributed by atoms with Crippen molar-refractivity contribution in [2.45, 2.75) is 33.4 Å². The van der Waals surface area contributed by atoms with Gasteiger partial charge in [0.15, 0.2) is 0 Å². The van der Waals surface area contributed by atoms with E-state index >= 15 is 0 Å². The van der Waals surface area contributed by atoms with Crippen molar-refractivity contribution in [3.63, 3.8) is 0 Å². The first-order chi connectivity index (χ1) is 15.0. The van der Waals surface area contributed by atoms with E-state index in [1.807, 2.05) is 63.4 Å². The molecule has 158 valence electrons. The summed E-state index contributed by atoms with van der Waals surface area (Å²) in [5.74, 6) is 0.0352. The van der Waals surface area contributed by atoms with Gasteiger partial charge in [0.05, 0.1) is 22.0 Å². The van der Waals surface area contributed by atoms with Crippen molar-refractivity contribution < 1.29 is 4.79 Å². The maximum absolute atomic E-state index is 13.3. The molecule has 4 rings (SSSR count). The average molecular weight is 430 g/mol. The molecular formula is C26H27N3OS. The van der Waals surface area contributed by atoms with Gasteiger partial charge in [-0.3, -0.25) is 4.79 Å². The van der Waals surface area contributed by atoms with Crippen molar-refractivity contribution in [1.82, 2.24) is 14.5 Å². The number of hydrogen-bond acceptors (Lipinski definition) is 3. The summed E-state index contributed by atoms with van der Waals surface area (Å²) in [6, 6.07) is 22.6. The van der Waals surface area contributed by atoms with Crippen molar-refractivity contribution >= 4 is 17.2 Å². The Labute approximate surface area is 187 Å². The molecule has 5 heteroatoms. The molecule has 4 aromatic rings. The normalized spacial score (nSPS) is 10.9. The molecule has 0 spiro atoms. The van der Waals surface area contributed by atoms with E-state index in [0.29, 0.717) is 6.54 Å². The standard InChI is InChI=1S/C26H27N3OS/c1-19-23(26(30)28(3)17-22-12-8-5-9-13-22)16-25(24-18-31-20(2)27-24)29(19)15-14-21-10-6-4-7-11-21/h4-13,16,18H,14-15,17H2,1-3H3. The smallest absolute Gasteiger partial charge is 0.255 e. The predicted molar refractivity (Wildman–Crippen MR) is 127 cm³/mol. The molecule has 2 heterocycles. The van der Waals surface area contributed by atoms with Crippen molar-refractivity contribution in [1.29, 1.82) is 0 Å². The van der Waals surface area contributed by atoms with Gasteiger partial charge in [0.1, 0.15) is 0 Å². The number of carbonyl (C=O) groups excluding carboxylic acids is 1. The van der Waals surface area contributed by atoms with Crippen molar-refractivity contribution in [2.24, 2.45) is 0 Å². The van der Waals surface area contributed by atoms with Crippen LogP contribution in [-0.4, -0.2) is 27.4 Å². The van der Waals surface area contributed by atoms with E-state index in [4.69, 9.17) is 4.98 Å². The van der Waals surface area contributed by atoms with Crippen LogP contribution in [0.3, 0.4) is 0 Å². The summed E-state index contributed by atoms with van der Waals surface area (Å²) in [7, 11) is 1.86. The molecule has 1 amide bonds. The molecule has 0 bridgehead atoms. The third kappa shape index (κ3) is 4.78. The quantitative estimate of drug-likeness (QED) is 0.375. The lowest BCUT2D eigenvalue weighted by molar-refractivity contribution is 0.0784. The van der Waals surface area contributed by atoms with Gasteiger partial charge in [0, 0.05) is 31.2 Å². The number of aryl methyl sites for hydroxylation is 2. The molecule has 4 nitrogen and oxygen atoms in total. The summed E-state index contributed by atoms with van der Waals surface area (Å²) in [5.41, 5.74) is 6.08. The number of thiazole rings is 1. The Hall–Kier alpha value is -3.18. The van der Waals surface area contributed by atoms with Gasteiger partial charge in [-0.2, -0.15) is 0 Å². The van der Waals surface area contributed by atoms with Gasteiger partial charge in [-0.25, -0.2) is 4.98 Å². The highest BCUT2D eigenvalue weighted by Gasteiger charge is 2.22. The molecule has 0 aliphatic heterocycles. The zero-order valence-corrected chi connectivity index (χ0v) is 19.0. The van der Waals surface area contributed by atoms with E-state index in [2.05, 4.69) is 34.2 Å². The highest BCUT2D eigenvalue weighted by atomic mass is 32.1. The maximum Gasteiger partial charge on any atom is 0.255 e. The highest BCUT2D eigenvalue weighted by molar-refractivity contribution is 7.09. The number of hydrogen-bond donors (Lipinski definition) is 0. The molecule has 0 fully saturated rings. The van der Waals surface area contributed by atoms with E-state index < -0.39 is 0 Å². The fourth-order valence-electron chi connectivity index (χ4n) is 3.86. The molecule has 2 aromatic carbocycles. The fraction of sp³-hybridized carbons (Fsp3) is 0.231. The fourth-order valence-corrected chi connectivity index (χ4v) is 4.47. The van der Waals surface area contributed by atoms with Crippen LogP contribution < -0.4 is 0 Å².